The summed E-state index contributed by atoms with van der Waals surface area (Å²) in [7, 11) is 4.53. The van der Waals surface area contributed by atoms with Gasteiger partial charge in [-0.15, -0.1) is 0 Å². The minimum absolute atomic E-state index is 0.171. The summed E-state index contributed by atoms with van der Waals surface area (Å²) in [4.78, 5) is 10.8. The van der Waals surface area contributed by atoms with Crippen molar-refractivity contribution in [1.29, 1.82) is 0 Å². The summed E-state index contributed by atoms with van der Waals surface area (Å²) in [5.41, 5.74) is 5.20. The molecule has 0 aliphatic heterocycles. The fourth-order valence-corrected chi connectivity index (χ4v) is 3.17. The van der Waals surface area contributed by atoms with Crippen molar-refractivity contribution >= 4 is 5.91 Å². The molecule has 0 aliphatic rings. The Labute approximate surface area is 145 Å². The van der Waals surface area contributed by atoms with E-state index in [0.29, 0.717) is 6.42 Å². The minimum atomic E-state index is -0.171. The molecule has 0 rings (SSSR count). The van der Waals surface area contributed by atoms with Crippen molar-refractivity contribution in [1.82, 2.24) is 0 Å². The van der Waals surface area contributed by atoms with Crippen molar-refractivity contribution < 1.29 is 9.28 Å². The van der Waals surface area contributed by atoms with Crippen LogP contribution in [0.2, 0.25) is 0 Å². The topological polar surface area (TPSA) is 43.1 Å². The molecule has 0 spiro atoms. The molecule has 0 saturated carbocycles. The van der Waals surface area contributed by atoms with Gasteiger partial charge in [-0.2, -0.15) is 0 Å². The second-order valence-corrected chi connectivity index (χ2v) is 7.84. The third kappa shape index (κ3) is 17.6. The first-order chi connectivity index (χ1) is 11.0. The minimum Gasteiger partial charge on any atom is -0.370 e. The molecule has 0 atom stereocenters. The number of carbonyl (C=O) groups excluding carboxylic acids is 1. The standard InChI is InChI=1S/C20H42N2O/c1-4-5-6-7-8-9-10-11-12-13-14-15-18-22(2,3)19-16-17-20(21)23/h4-19H2,1-3H3,(H-,21,23)/p+1. The molecule has 0 aliphatic carbocycles. The van der Waals surface area contributed by atoms with E-state index in [1.165, 1.54) is 83.6 Å². The Hall–Kier alpha value is -0.570. The highest BCUT2D eigenvalue weighted by atomic mass is 16.1. The van der Waals surface area contributed by atoms with Gasteiger partial charge in [-0.05, 0) is 12.8 Å². The number of amides is 1. The number of nitrogens with two attached hydrogens (primary N) is 1. The van der Waals surface area contributed by atoms with E-state index in [2.05, 4.69) is 21.0 Å². The summed E-state index contributed by atoms with van der Waals surface area (Å²) in [6.45, 7) is 4.55. The van der Waals surface area contributed by atoms with Gasteiger partial charge in [0, 0.05) is 12.8 Å². The van der Waals surface area contributed by atoms with Gasteiger partial charge in [0.25, 0.3) is 0 Å². The van der Waals surface area contributed by atoms with E-state index in [9.17, 15) is 4.79 Å². The molecule has 2 N–H and O–H groups in total. The molecule has 0 unspecified atom stereocenters. The molecular formula is C20H43N2O+. The normalized spacial score (nSPS) is 11.8. The van der Waals surface area contributed by atoms with Crippen LogP contribution < -0.4 is 5.73 Å². The fourth-order valence-electron chi connectivity index (χ4n) is 3.17. The molecule has 0 aromatic rings. The molecule has 0 aromatic carbocycles. The van der Waals surface area contributed by atoms with Gasteiger partial charge in [0.05, 0.1) is 27.2 Å². The van der Waals surface area contributed by atoms with E-state index in [4.69, 9.17) is 5.73 Å². The summed E-state index contributed by atoms with van der Waals surface area (Å²) in [6.07, 6.45) is 18.3. The van der Waals surface area contributed by atoms with Crippen LogP contribution in [0.4, 0.5) is 0 Å². The second kappa shape index (κ2) is 15.0. The number of primary amides is 1. The second-order valence-electron chi connectivity index (χ2n) is 7.84. The van der Waals surface area contributed by atoms with Crippen LogP contribution in [0.3, 0.4) is 0 Å². The van der Waals surface area contributed by atoms with Crippen molar-refractivity contribution in [3.63, 3.8) is 0 Å². The Balaban J connectivity index is 3.29. The zero-order chi connectivity index (χ0) is 17.4. The van der Waals surface area contributed by atoms with Gasteiger partial charge in [0.1, 0.15) is 0 Å². The Morgan fingerprint density at radius 3 is 1.52 bits per heavy atom. The van der Waals surface area contributed by atoms with E-state index in [-0.39, 0.29) is 5.91 Å². The number of hydrogen-bond donors (Lipinski definition) is 1. The highest BCUT2D eigenvalue weighted by Crippen LogP contribution is 2.13. The third-order valence-corrected chi connectivity index (χ3v) is 4.80. The smallest absolute Gasteiger partial charge is 0.217 e. The van der Waals surface area contributed by atoms with Crippen LogP contribution in [-0.4, -0.2) is 37.6 Å². The maximum Gasteiger partial charge on any atom is 0.217 e. The molecule has 23 heavy (non-hydrogen) atoms. The first-order valence-electron chi connectivity index (χ1n) is 10.1. The quantitative estimate of drug-likeness (QED) is 0.295. The van der Waals surface area contributed by atoms with Gasteiger partial charge in [-0.3, -0.25) is 4.79 Å². The van der Waals surface area contributed by atoms with E-state index in [0.717, 1.165) is 17.4 Å². The fraction of sp³-hybridized carbons (Fsp3) is 0.950. The SMILES string of the molecule is CCCCCCCCCCCCCC[N+](C)(C)CCCC(N)=O. The van der Waals surface area contributed by atoms with Gasteiger partial charge in [0.15, 0.2) is 0 Å². The Kier molecular flexibility index (Phi) is 14.6. The van der Waals surface area contributed by atoms with Crippen molar-refractivity contribution in [2.75, 3.05) is 27.2 Å². The first-order valence-corrected chi connectivity index (χ1v) is 10.1. The number of nitrogens with zero attached hydrogens (tertiary/aromatic N) is 1. The molecule has 0 fully saturated rings. The van der Waals surface area contributed by atoms with Crippen molar-refractivity contribution in [3.05, 3.63) is 0 Å². The van der Waals surface area contributed by atoms with Gasteiger partial charge in [0.2, 0.25) is 5.91 Å². The molecule has 0 aromatic heterocycles. The van der Waals surface area contributed by atoms with E-state index >= 15 is 0 Å². The number of carbonyl (C=O) groups is 1. The number of hydrogen-bond acceptors (Lipinski definition) is 1. The monoisotopic (exact) mass is 327 g/mol. The zero-order valence-corrected chi connectivity index (χ0v) is 16.2. The lowest BCUT2D eigenvalue weighted by molar-refractivity contribution is -0.890. The average Bonchev–Trinajstić information content (AvgIpc) is 2.47. The molecule has 0 saturated heterocycles. The third-order valence-electron chi connectivity index (χ3n) is 4.80. The highest BCUT2D eigenvalue weighted by molar-refractivity contribution is 5.73. The van der Waals surface area contributed by atoms with Crippen molar-refractivity contribution in [2.45, 2.75) is 96.8 Å². The van der Waals surface area contributed by atoms with Gasteiger partial charge < -0.3 is 10.2 Å². The van der Waals surface area contributed by atoms with Crippen molar-refractivity contribution in [3.8, 4) is 0 Å². The van der Waals surface area contributed by atoms with Crippen LogP contribution in [0, 0.1) is 0 Å². The largest absolute Gasteiger partial charge is 0.370 e. The lowest BCUT2D eigenvalue weighted by atomic mass is 10.1. The molecule has 3 nitrogen and oxygen atoms in total. The first kappa shape index (κ1) is 22.4. The van der Waals surface area contributed by atoms with Gasteiger partial charge in [-0.1, -0.05) is 71.1 Å². The molecule has 3 heteroatoms. The van der Waals surface area contributed by atoms with E-state index in [1.54, 1.807) is 0 Å². The molecule has 0 bridgehead atoms. The molecule has 0 radical (unpaired) electrons. The lowest BCUT2D eigenvalue weighted by Crippen LogP contribution is -2.41. The Morgan fingerprint density at radius 1 is 0.696 bits per heavy atom. The predicted molar refractivity (Wildman–Crippen MR) is 101 cm³/mol. The maximum absolute atomic E-state index is 10.8. The highest BCUT2D eigenvalue weighted by Gasteiger charge is 2.14. The maximum atomic E-state index is 10.8. The van der Waals surface area contributed by atoms with Crippen LogP contribution >= 0.6 is 0 Å². The number of unbranched alkanes of at least 4 members (excludes halogenated alkanes) is 11. The molecule has 1 amide bonds. The molecule has 0 heterocycles. The van der Waals surface area contributed by atoms with Crippen molar-refractivity contribution in [2.24, 2.45) is 5.73 Å². The van der Waals surface area contributed by atoms with Crippen LogP contribution in [-0.2, 0) is 4.79 Å². The van der Waals surface area contributed by atoms with Crippen LogP contribution in [0.5, 0.6) is 0 Å². The van der Waals surface area contributed by atoms with Gasteiger partial charge >= 0.3 is 0 Å². The van der Waals surface area contributed by atoms with Crippen LogP contribution in [0.15, 0.2) is 0 Å². The van der Waals surface area contributed by atoms with Crippen LogP contribution in [0.25, 0.3) is 0 Å². The van der Waals surface area contributed by atoms with Gasteiger partial charge in [-0.25, -0.2) is 0 Å². The summed E-state index contributed by atoms with van der Waals surface area (Å²) >= 11 is 0. The average molecular weight is 328 g/mol. The number of quaternary nitrogens is 1. The summed E-state index contributed by atoms with van der Waals surface area (Å²) in [5.74, 6) is -0.171. The lowest BCUT2D eigenvalue weighted by Gasteiger charge is -2.29. The summed E-state index contributed by atoms with van der Waals surface area (Å²) in [5, 5.41) is 0. The van der Waals surface area contributed by atoms with Crippen LogP contribution in [0.1, 0.15) is 96.8 Å². The predicted octanol–water partition coefficient (Wildman–Crippen LogP) is 5.03. The molecule has 138 valence electrons. The number of rotatable bonds is 17. The van der Waals surface area contributed by atoms with E-state index in [1.807, 2.05) is 0 Å². The zero-order valence-electron chi connectivity index (χ0n) is 16.2. The summed E-state index contributed by atoms with van der Waals surface area (Å²) in [6, 6.07) is 0. The van der Waals surface area contributed by atoms with E-state index < -0.39 is 0 Å². The Morgan fingerprint density at radius 2 is 1.09 bits per heavy atom. The Bertz CT molecular complexity index is 277. The molecular weight excluding hydrogens is 284 g/mol. The summed E-state index contributed by atoms with van der Waals surface area (Å²) < 4.78 is 1.02.